The quantitative estimate of drug-likeness (QED) is 0.171. The maximum atomic E-state index is 10.1. The number of imidazole rings is 2. The van der Waals surface area contributed by atoms with E-state index in [4.69, 9.17) is 9.97 Å². The van der Waals surface area contributed by atoms with Crippen molar-refractivity contribution < 1.29 is 0 Å². The van der Waals surface area contributed by atoms with Crippen molar-refractivity contribution in [1.29, 1.82) is 5.26 Å². The number of nitrogens with zero attached hydrogens (tertiary/aromatic N) is 7. The molecule has 3 aromatic heterocycles. The number of para-hydroxylation sites is 4. The van der Waals surface area contributed by atoms with Gasteiger partial charge in [-0.1, -0.05) is 66.7 Å². The normalized spacial score (nSPS) is 14.8. The van der Waals surface area contributed by atoms with Crippen molar-refractivity contribution >= 4 is 38.9 Å². The third-order valence-corrected chi connectivity index (χ3v) is 10.5. The number of fused-ring (bicyclic) bond motifs is 6. The number of quaternary nitrogens is 1. The van der Waals surface area contributed by atoms with E-state index < -0.39 is 0 Å². The standard InChI is InChI=1S/C45H32N7/c1-30-28-49(34-22-24-43-39(26-34)37-18-10-12-20-42(37)52(43,2)35-15-7-4-8-16-35)44(47-30)45-48-31(27-46)29-50(45)33-21-23-41-38(25-33)36-17-9-11-19-40(36)51(41)32-13-5-3-6-14-32/h3-26,28-29H,1-2H3/q+1. The summed E-state index contributed by atoms with van der Waals surface area (Å²) in [7, 11) is 2.26. The lowest BCUT2D eigenvalue weighted by Gasteiger charge is -2.30. The van der Waals surface area contributed by atoms with E-state index in [0.717, 1.165) is 44.6 Å². The van der Waals surface area contributed by atoms with Crippen molar-refractivity contribution in [2.75, 3.05) is 7.05 Å². The van der Waals surface area contributed by atoms with Gasteiger partial charge in [-0.2, -0.15) is 5.26 Å². The average Bonchev–Trinajstić information content (AvgIpc) is 3.96. The highest BCUT2D eigenvalue weighted by atomic mass is 15.4. The Labute approximate surface area is 300 Å². The third-order valence-electron chi connectivity index (χ3n) is 10.5. The van der Waals surface area contributed by atoms with Crippen molar-refractivity contribution in [2.45, 2.75) is 6.92 Å². The van der Waals surface area contributed by atoms with Crippen LogP contribution in [0.5, 0.6) is 0 Å². The molecule has 0 saturated heterocycles. The second-order valence-corrected chi connectivity index (χ2v) is 13.5. The van der Waals surface area contributed by atoms with Crippen LogP contribution >= 0.6 is 0 Å². The zero-order valence-corrected chi connectivity index (χ0v) is 28.6. The number of hydrogen-bond donors (Lipinski definition) is 0. The highest BCUT2D eigenvalue weighted by Crippen LogP contribution is 2.56. The molecule has 0 aliphatic carbocycles. The van der Waals surface area contributed by atoms with E-state index in [2.05, 4.69) is 162 Å². The number of hydrogen-bond acceptors (Lipinski definition) is 3. The molecule has 9 aromatic rings. The Hall–Kier alpha value is -7.01. The van der Waals surface area contributed by atoms with E-state index in [-0.39, 0.29) is 0 Å². The average molecular weight is 671 g/mol. The summed E-state index contributed by atoms with van der Waals surface area (Å²) in [6.07, 6.45) is 3.86. The van der Waals surface area contributed by atoms with Gasteiger partial charge in [0, 0.05) is 57.9 Å². The van der Waals surface area contributed by atoms with Crippen molar-refractivity contribution in [3.8, 4) is 45.9 Å². The van der Waals surface area contributed by atoms with Crippen molar-refractivity contribution in [2.24, 2.45) is 0 Å². The Morgan fingerprint density at radius 1 is 0.558 bits per heavy atom. The molecule has 6 aromatic carbocycles. The maximum absolute atomic E-state index is 10.1. The Kier molecular flexibility index (Phi) is 6.46. The van der Waals surface area contributed by atoms with E-state index in [1.54, 1.807) is 0 Å². The second kappa shape index (κ2) is 11.3. The molecule has 246 valence electrons. The Balaban J connectivity index is 1.14. The summed E-state index contributed by atoms with van der Waals surface area (Å²) in [6.45, 7) is 2.00. The van der Waals surface area contributed by atoms with E-state index in [9.17, 15) is 5.26 Å². The predicted octanol–water partition coefficient (Wildman–Crippen LogP) is 10.6. The van der Waals surface area contributed by atoms with E-state index in [0.29, 0.717) is 21.8 Å². The molecule has 7 nitrogen and oxygen atoms in total. The van der Waals surface area contributed by atoms with Crippen molar-refractivity contribution in [1.82, 2.24) is 28.2 Å². The first-order valence-electron chi connectivity index (χ1n) is 17.3. The smallest absolute Gasteiger partial charge is 0.182 e. The largest absolute Gasteiger partial charge is 0.309 e. The van der Waals surface area contributed by atoms with E-state index in [1.165, 1.54) is 28.2 Å². The molecule has 1 aliphatic rings. The van der Waals surface area contributed by atoms with Gasteiger partial charge in [0.1, 0.15) is 11.8 Å². The monoisotopic (exact) mass is 670 g/mol. The number of rotatable bonds is 5. The summed E-state index contributed by atoms with van der Waals surface area (Å²) in [5.41, 5.74) is 12.4. The van der Waals surface area contributed by atoms with Gasteiger partial charge in [0.25, 0.3) is 0 Å². The molecule has 4 heterocycles. The molecule has 0 amide bonds. The van der Waals surface area contributed by atoms with Crippen LogP contribution in [-0.4, -0.2) is 30.7 Å². The van der Waals surface area contributed by atoms with Crippen LogP contribution in [-0.2, 0) is 0 Å². The first-order valence-corrected chi connectivity index (χ1v) is 17.3. The summed E-state index contributed by atoms with van der Waals surface area (Å²) in [6, 6.07) is 53.6. The highest BCUT2D eigenvalue weighted by Gasteiger charge is 2.42. The first kappa shape index (κ1) is 29.9. The van der Waals surface area contributed by atoms with Crippen LogP contribution in [0.4, 0.5) is 17.1 Å². The van der Waals surface area contributed by atoms with Crippen LogP contribution < -0.4 is 4.48 Å². The van der Waals surface area contributed by atoms with E-state index in [1.807, 2.05) is 30.0 Å². The molecule has 10 rings (SSSR count). The summed E-state index contributed by atoms with van der Waals surface area (Å²) in [4.78, 5) is 9.87. The highest BCUT2D eigenvalue weighted by molar-refractivity contribution is 6.10. The lowest BCUT2D eigenvalue weighted by Crippen LogP contribution is -2.31. The fourth-order valence-corrected chi connectivity index (χ4v) is 8.11. The third kappa shape index (κ3) is 4.29. The Bertz CT molecular complexity index is 2890. The van der Waals surface area contributed by atoms with Crippen LogP contribution in [0.15, 0.2) is 158 Å². The summed E-state index contributed by atoms with van der Waals surface area (Å²) >= 11 is 0. The summed E-state index contributed by atoms with van der Waals surface area (Å²) < 4.78 is 6.98. The fraction of sp³-hybridized carbons (Fsp3) is 0.0444. The van der Waals surface area contributed by atoms with Gasteiger partial charge in [-0.15, -0.1) is 0 Å². The van der Waals surface area contributed by atoms with Gasteiger partial charge < -0.3 is 4.57 Å². The molecule has 7 heteroatoms. The molecule has 0 N–H and O–H groups in total. The lowest BCUT2D eigenvalue weighted by molar-refractivity contribution is 0.642. The Morgan fingerprint density at radius 2 is 1.19 bits per heavy atom. The molecule has 0 radical (unpaired) electrons. The number of nitriles is 1. The van der Waals surface area contributed by atoms with Crippen molar-refractivity contribution in [3.05, 3.63) is 169 Å². The fourth-order valence-electron chi connectivity index (χ4n) is 8.11. The van der Waals surface area contributed by atoms with Gasteiger partial charge in [0.05, 0.1) is 29.3 Å². The molecule has 1 aliphatic heterocycles. The molecule has 0 saturated carbocycles. The molecular formula is C45H32N7+. The second-order valence-electron chi connectivity index (χ2n) is 13.5. The SMILES string of the molecule is Cc1cn(-c2ccc3c(c2)-c2ccccc2[N+]3(C)c2ccccc2)c(-c2nc(C#N)cn2-c2ccc3c(c2)c2ccccc2n3-c2ccccc2)n1. The lowest BCUT2D eigenvalue weighted by atomic mass is 10.1. The van der Waals surface area contributed by atoms with Crippen LogP contribution in [0.25, 0.3) is 61.6 Å². The number of aryl methyl sites for hydroxylation is 1. The van der Waals surface area contributed by atoms with E-state index >= 15 is 0 Å². The Morgan fingerprint density at radius 3 is 2.02 bits per heavy atom. The molecule has 0 bridgehead atoms. The molecule has 1 unspecified atom stereocenters. The predicted molar refractivity (Wildman–Crippen MR) is 209 cm³/mol. The van der Waals surface area contributed by atoms with Gasteiger partial charge in [0.15, 0.2) is 28.7 Å². The number of aromatic nitrogens is 5. The first-order chi connectivity index (χ1) is 25.5. The topological polar surface area (TPSA) is 64.4 Å². The van der Waals surface area contributed by atoms with Crippen LogP contribution in [0.1, 0.15) is 11.4 Å². The minimum absolute atomic E-state index is 0.327. The van der Waals surface area contributed by atoms with Gasteiger partial charge in [-0.05, 0) is 73.7 Å². The minimum atomic E-state index is 0.327. The van der Waals surface area contributed by atoms with Crippen molar-refractivity contribution in [3.63, 3.8) is 0 Å². The molecule has 1 atom stereocenters. The van der Waals surface area contributed by atoms with Gasteiger partial charge in [0.2, 0.25) is 0 Å². The van der Waals surface area contributed by atoms with Crippen LogP contribution in [0.2, 0.25) is 0 Å². The van der Waals surface area contributed by atoms with Gasteiger partial charge in [-0.25, -0.2) is 14.5 Å². The zero-order valence-electron chi connectivity index (χ0n) is 28.6. The van der Waals surface area contributed by atoms with Gasteiger partial charge >= 0.3 is 0 Å². The maximum Gasteiger partial charge on any atom is 0.182 e. The summed E-state index contributed by atoms with van der Waals surface area (Å²) in [5.74, 6) is 1.26. The molecule has 52 heavy (non-hydrogen) atoms. The molecule has 0 fully saturated rings. The summed E-state index contributed by atoms with van der Waals surface area (Å²) in [5, 5.41) is 12.4. The molecule has 0 spiro atoms. The number of benzene rings is 6. The van der Waals surface area contributed by atoms with Crippen LogP contribution in [0.3, 0.4) is 0 Å². The zero-order chi connectivity index (χ0) is 35.0. The minimum Gasteiger partial charge on any atom is -0.309 e. The van der Waals surface area contributed by atoms with Gasteiger partial charge in [-0.3, -0.25) is 9.13 Å². The molecular weight excluding hydrogens is 639 g/mol. The van der Waals surface area contributed by atoms with Crippen LogP contribution in [0, 0.1) is 18.3 Å².